The Bertz CT molecular complexity index is 155. The highest BCUT2D eigenvalue weighted by molar-refractivity contribution is 4.76. The van der Waals surface area contributed by atoms with Crippen LogP contribution in [0.3, 0.4) is 0 Å². The minimum absolute atomic E-state index is 0.362. The molecule has 0 unspecified atom stereocenters. The number of rotatable bonds is 10. The number of hydrogen-bond acceptors (Lipinski definition) is 2. The maximum absolute atomic E-state index is 3.45. The van der Waals surface area contributed by atoms with Crippen LogP contribution in [0.25, 0.3) is 0 Å². The number of nitrogens with zero attached hydrogens (tertiary/aromatic N) is 1. The summed E-state index contributed by atoms with van der Waals surface area (Å²) >= 11 is 0. The van der Waals surface area contributed by atoms with Crippen molar-refractivity contribution in [1.82, 2.24) is 10.2 Å². The zero-order valence-corrected chi connectivity index (χ0v) is 12.1. The minimum Gasteiger partial charge on any atom is -0.317 e. The summed E-state index contributed by atoms with van der Waals surface area (Å²) in [6.45, 7) is 12.7. The number of unbranched alkanes of at least 4 members (excludes halogenated alkanes) is 2. The summed E-state index contributed by atoms with van der Waals surface area (Å²) in [7, 11) is 2.25. The molecule has 2 nitrogen and oxygen atoms in total. The Balaban J connectivity index is 3.38. The topological polar surface area (TPSA) is 15.3 Å². The maximum Gasteiger partial charge on any atom is 0.0147 e. The second kappa shape index (κ2) is 9.00. The van der Waals surface area contributed by atoms with E-state index in [0.717, 1.165) is 0 Å². The van der Waals surface area contributed by atoms with Gasteiger partial charge in [0.1, 0.15) is 0 Å². The third kappa shape index (κ3) is 7.24. The van der Waals surface area contributed by atoms with Crippen molar-refractivity contribution >= 4 is 0 Å². The fraction of sp³-hybridized carbons (Fsp3) is 1.00. The van der Waals surface area contributed by atoms with Gasteiger partial charge in [-0.05, 0) is 66.2 Å². The Kier molecular flexibility index (Phi) is 8.96. The highest BCUT2D eigenvalue weighted by atomic mass is 15.2. The Morgan fingerprint density at radius 3 is 2.25 bits per heavy atom. The van der Waals surface area contributed by atoms with E-state index in [9.17, 15) is 0 Å². The smallest absolute Gasteiger partial charge is 0.0147 e. The van der Waals surface area contributed by atoms with E-state index >= 15 is 0 Å². The van der Waals surface area contributed by atoms with Crippen LogP contribution >= 0.6 is 0 Å². The van der Waals surface area contributed by atoms with E-state index in [1.54, 1.807) is 0 Å². The highest BCUT2D eigenvalue weighted by Gasteiger charge is 2.19. The Hall–Kier alpha value is -0.0800. The molecule has 0 aliphatic rings. The van der Waals surface area contributed by atoms with Crippen molar-refractivity contribution in [2.45, 2.75) is 65.3 Å². The second-order valence-corrected chi connectivity index (χ2v) is 5.40. The van der Waals surface area contributed by atoms with Crippen LogP contribution in [0.2, 0.25) is 0 Å². The highest BCUT2D eigenvalue weighted by Crippen LogP contribution is 2.16. The first-order chi connectivity index (χ1) is 7.54. The molecule has 0 bridgehead atoms. The number of hydrogen-bond donors (Lipinski definition) is 1. The van der Waals surface area contributed by atoms with Gasteiger partial charge in [-0.15, -0.1) is 0 Å². The molecule has 0 saturated carbocycles. The molecule has 0 saturated heterocycles. The standard InChI is InChI=1S/C14H32N2/c1-6-11-15-12-9-8-10-13-16(5)14(3,4)7-2/h15H,6-13H2,1-5H3. The molecule has 0 aromatic carbocycles. The van der Waals surface area contributed by atoms with Gasteiger partial charge in [0.25, 0.3) is 0 Å². The first-order valence-electron chi connectivity index (χ1n) is 6.96. The lowest BCUT2D eigenvalue weighted by Crippen LogP contribution is -2.40. The molecule has 0 aromatic heterocycles. The molecule has 0 spiro atoms. The molecule has 0 fully saturated rings. The van der Waals surface area contributed by atoms with Gasteiger partial charge in [0.15, 0.2) is 0 Å². The lowest BCUT2D eigenvalue weighted by Gasteiger charge is -2.34. The van der Waals surface area contributed by atoms with E-state index in [-0.39, 0.29) is 0 Å². The molecule has 98 valence electrons. The van der Waals surface area contributed by atoms with E-state index in [0.29, 0.717) is 5.54 Å². The van der Waals surface area contributed by atoms with Crippen molar-refractivity contribution < 1.29 is 0 Å². The van der Waals surface area contributed by atoms with E-state index in [1.165, 1.54) is 51.7 Å². The molecule has 0 aliphatic carbocycles. The summed E-state index contributed by atoms with van der Waals surface area (Å²) in [5.74, 6) is 0. The lowest BCUT2D eigenvalue weighted by atomic mass is 9.99. The third-order valence-corrected chi connectivity index (χ3v) is 3.67. The van der Waals surface area contributed by atoms with Crippen LogP contribution in [-0.4, -0.2) is 37.1 Å². The van der Waals surface area contributed by atoms with E-state index in [2.05, 4.69) is 45.0 Å². The van der Waals surface area contributed by atoms with Gasteiger partial charge in [0, 0.05) is 5.54 Å². The van der Waals surface area contributed by atoms with Crippen LogP contribution in [0.1, 0.15) is 59.8 Å². The predicted molar refractivity (Wildman–Crippen MR) is 74.0 cm³/mol. The summed E-state index contributed by atoms with van der Waals surface area (Å²) in [6.07, 6.45) is 6.46. The fourth-order valence-corrected chi connectivity index (χ4v) is 1.65. The fourth-order valence-electron chi connectivity index (χ4n) is 1.65. The van der Waals surface area contributed by atoms with Crippen LogP contribution in [0, 0.1) is 0 Å². The molecular weight excluding hydrogens is 196 g/mol. The molecule has 1 N–H and O–H groups in total. The van der Waals surface area contributed by atoms with Gasteiger partial charge in [-0.25, -0.2) is 0 Å². The quantitative estimate of drug-likeness (QED) is 0.577. The average molecular weight is 228 g/mol. The average Bonchev–Trinajstić information content (AvgIpc) is 2.27. The summed E-state index contributed by atoms with van der Waals surface area (Å²) in [6, 6.07) is 0. The summed E-state index contributed by atoms with van der Waals surface area (Å²) in [4.78, 5) is 2.49. The van der Waals surface area contributed by atoms with Crippen LogP contribution in [0.15, 0.2) is 0 Å². The van der Waals surface area contributed by atoms with E-state index in [1.807, 2.05) is 0 Å². The van der Waals surface area contributed by atoms with Crippen LogP contribution in [0.5, 0.6) is 0 Å². The second-order valence-electron chi connectivity index (χ2n) is 5.40. The normalized spacial score (nSPS) is 12.4. The SMILES string of the molecule is CCCNCCCCCN(C)C(C)(C)CC. The van der Waals surface area contributed by atoms with Crippen molar-refractivity contribution in [2.24, 2.45) is 0 Å². The van der Waals surface area contributed by atoms with Crippen LogP contribution < -0.4 is 5.32 Å². The molecule has 0 aliphatic heterocycles. The zero-order valence-electron chi connectivity index (χ0n) is 12.1. The van der Waals surface area contributed by atoms with Crippen LogP contribution in [-0.2, 0) is 0 Å². The van der Waals surface area contributed by atoms with Crippen molar-refractivity contribution in [3.05, 3.63) is 0 Å². The molecule has 0 radical (unpaired) electrons. The molecular formula is C14H32N2. The molecule has 0 atom stereocenters. The van der Waals surface area contributed by atoms with Gasteiger partial charge in [-0.1, -0.05) is 20.3 Å². The van der Waals surface area contributed by atoms with Gasteiger partial charge in [-0.3, -0.25) is 0 Å². The first-order valence-corrected chi connectivity index (χ1v) is 6.96. The van der Waals surface area contributed by atoms with E-state index < -0.39 is 0 Å². The summed E-state index contributed by atoms with van der Waals surface area (Å²) in [5.41, 5.74) is 0.362. The molecule has 2 heteroatoms. The van der Waals surface area contributed by atoms with Crippen molar-refractivity contribution in [1.29, 1.82) is 0 Å². The van der Waals surface area contributed by atoms with Gasteiger partial charge in [0.2, 0.25) is 0 Å². The molecule has 0 heterocycles. The predicted octanol–water partition coefficient (Wildman–Crippen LogP) is 3.28. The van der Waals surface area contributed by atoms with E-state index in [4.69, 9.17) is 0 Å². The molecule has 0 aromatic rings. The summed E-state index contributed by atoms with van der Waals surface area (Å²) < 4.78 is 0. The Morgan fingerprint density at radius 1 is 1.00 bits per heavy atom. The van der Waals surface area contributed by atoms with Gasteiger partial charge < -0.3 is 10.2 Å². The van der Waals surface area contributed by atoms with Gasteiger partial charge in [-0.2, -0.15) is 0 Å². The lowest BCUT2D eigenvalue weighted by molar-refractivity contribution is 0.148. The van der Waals surface area contributed by atoms with Crippen molar-refractivity contribution in [2.75, 3.05) is 26.7 Å². The van der Waals surface area contributed by atoms with Gasteiger partial charge >= 0.3 is 0 Å². The summed E-state index contributed by atoms with van der Waals surface area (Å²) in [5, 5.41) is 3.45. The number of nitrogens with one attached hydrogen (secondary N) is 1. The molecule has 0 rings (SSSR count). The monoisotopic (exact) mass is 228 g/mol. The van der Waals surface area contributed by atoms with Crippen molar-refractivity contribution in [3.8, 4) is 0 Å². The Morgan fingerprint density at radius 2 is 1.69 bits per heavy atom. The molecule has 16 heavy (non-hydrogen) atoms. The third-order valence-electron chi connectivity index (χ3n) is 3.67. The zero-order chi connectivity index (χ0) is 12.4. The Labute approximate surface area is 103 Å². The molecule has 0 amide bonds. The first kappa shape index (κ1) is 15.9. The maximum atomic E-state index is 3.45. The van der Waals surface area contributed by atoms with Crippen LogP contribution in [0.4, 0.5) is 0 Å². The van der Waals surface area contributed by atoms with Gasteiger partial charge in [0.05, 0.1) is 0 Å². The largest absolute Gasteiger partial charge is 0.317 e. The van der Waals surface area contributed by atoms with Crippen molar-refractivity contribution in [3.63, 3.8) is 0 Å². The minimum atomic E-state index is 0.362.